The molecule has 1 heterocycles. The second-order valence-electron chi connectivity index (χ2n) is 6.77. The highest BCUT2D eigenvalue weighted by Gasteiger charge is 2.40. The monoisotopic (exact) mass is 374 g/mol. The standard InChI is InChI=1S/C17H25F3N4O2/c1-4-5-14(25)22-11-6-8-12(9-7-11)23(2)16(26)13-10-21-24(3)15(13)17(18,19)20/h10-12H,4-9H2,1-3H3,(H,22,25). The summed E-state index contributed by atoms with van der Waals surface area (Å²) in [5.41, 5.74) is -1.46. The van der Waals surface area contributed by atoms with Gasteiger partial charge in [-0.05, 0) is 32.1 Å². The lowest BCUT2D eigenvalue weighted by atomic mass is 9.90. The molecule has 0 atom stereocenters. The third-order valence-electron chi connectivity index (χ3n) is 4.84. The van der Waals surface area contributed by atoms with Crippen molar-refractivity contribution in [1.82, 2.24) is 20.0 Å². The Balaban J connectivity index is 2.00. The van der Waals surface area contributed by atoms with Gasteiger partial charge in [0.2, 0.25) is 5.91 Å². The van der Waals surface area contributed by atoms with Gasteiger partial charge >= 0.3 is 6.18 Å². The van der Waals surface area contributed by atoms with Crippen LogP contribution in [0.3, 0.4) is 0 Å². The third kappa shape index (κ3) is 4.56. The second-order valence-corrected chi connectivity index (χ2v) is 6.77. The number of carbonyl (C=O) groups is 2. The smallest absolute Gasteiger partial charge is 0.353 e. The summed E-state index contributed by atoms with van der Waals surface area (Å²) < 4.78 is 40.2. The van der Waals surface area contributed by atoms with Crippen LogP contribution >= 0.6 is 0 Å². The van der Waals surface area contributed by atoms with Crippen LogP contribution in [0.4, 0.5) is 13.2 Å². The van der Waals surface area contributed by atoms with Gasteiger partial charge in [-0.25, -0.2) is 0 Å². The molecule has 2 amide bonds. The number of amides is 2. The largest absolute Gasteiger partial charge is 0.433 e. The maximum atomic E-state index is 13.2. The van der Waals surface area contributed by atoms with Crippen LogP contribution in [0, 0.1) is 0 Å². The molecule has 0 aromatic carbocycles. The van der Waals surface area contributed by atoms with Crippen molar-refractivity contribution in [2.75, 3.05) is 7.05 Å². The van der Waals surface area contributed by atoms with Gasteiger partial charge in [-0.15, -0.1) is 0 Å². The molecular formula is C17H25F3N4O2. The van der Waals surface area contributed by atoms with Crippen molar-refractivity contribution in [3.8, 4) is 0 Å². The Bertz CT molecular complexity index is 649. The number of carbonyl (C=O) groups excluding carboxylic acids is 2. The van der Waals surface area contributed by atoms with Crippen molar-refractivity contribution in [1.29, 1.82) is 0 Å². The molecule has 1 N–H and O–H groups in total. The Morgan fingerprint density at radius 2 is 1.92 bits per heavy atom. The van der Waals surface area contributed by atoms with Crippen LogP contribution in [0.1, 0.15) is 61.5 Å². The van der Waals surface area contributed by atoms with E-state index in [2.05, 4.69) is 10.4 Å². The minimum Gasteiger partial charge on any atom is -0.353 e. The van der Waals surface area contributed by atoms with E-state index < -0.39 is 23.3 Å². The number of aromatic nitrogens is 2. The van der Waals surface area contributed by atoms with Crippen molar-refractivity contribution in [3.05, 3.63) is 17.5 Å². The van der Waals surface area contributed by atoms with E-state index in [-0.39, 0.29) is 18.0 Å². The van der Waals surface area contributed by atoms with E-state index in [1.54, 1.807) is 0 Å². The number of hydrogen-bond acceptors (Lipinski definition) is 3. The van der Waals surface area contributed by atoms with Crippen LogP contribution in [-0.2, 0) is 18.0 Å². The van der Waals surface area contributed by atoms with Gasteiger partial charge in [0.15, 0.2) is 5.69 Å². The molecule has 2 rings (SSSR count). The van der Waals surface area contributed by atoms with Crippen LogP contribution in [0.5, 0.6) is 0 Å². The highest BCUT2D eigenvalue weighted by molar-refractivity contribution is 5.95. The molecule has 0 radical (unpaired) electrons. The number of nitrogens with zero attached hydrogens (tertiary/aromatic N) is 3. The summed E-state index contributed by atoms with van der Waals surface area (Å²) in [6, 6.07) is -0.0824. The van der Waals surface area contributed by atoms with E-state index in [1.807, 2.05) is 6.92 Å². The molecule has 0 unspecified atom stereocenters. The molecular weight excluding hydrogens is 349 g/mol. The summed E-state index contributed by atoms with van der Waals surface area (Å²) >= 11 is 0. The zero-order chi connectivity index (χ0) is 19.5. The predicted octanol–water partition coefficient (Wildman–Crippen LogP) is 2.74. The topological polar surface area (TPSA) is 67.2 Å². The van der Waals surface area contributed by atoms with Crippen molar-refractivity contribution >= 4 is 11.8 Å². The van der Waals surface area contributed by atoms with E-state index in [4.69, 9.17) is 0 Å². The van der Waals surface area contributed by atoms with E-state index in [1.165, 1.54) is 19.0 Å². The first-order chi connectivity index (χ1) is 12.1. The molecule has 1 fully saturated rings. The summed E-state index contributed by atoms with van der Waals surface area (Å²) in [7, 11) is 2.69. The van der Waals surface area contributed by atoms with Crippen LogP contribution in [-0.4, -0.2) is 45.6 Å². The summed E-state index contributed by atoms with van der Waals surface area (Å²) in [5.74, 6) is -0.658. The fourth-order valence-corrected chi connectivity index (χ4v) is 3.42. The van der Waals surface area contributed by atoms with Crippen LogP contribution < -0.4 is 5.32 Å². The van der Waals surface area contributed by atoms with E-state index >= 15 is 0 Å². The molecule has 6 nitrogen and oxygen atoms in total. The average molecular weight is 374 g/mol. The highest BCUT2D eigenvalue weighted by Crippen LogP contribution is 2.33. The number of nitrogens with one attached hydrogen (secondary N) is 1. The lowest BCUT2D eigenvalue weighted by molar-refractivity contribution is -0.144. The summed E-state index contributed by atoms with van der Waals surface area (Å²) in [4.78, 5) is 25.6. The molecule has 1 aliphatic carbocycles. The normalized spacial score (nSPS) is 20.7. The molecule has 1 saturated carbocycles. The molecule has 0 bridgehead atoms. The van der Waals surface area contributed by atoms with Crippen molar-refractivity contribution in [2.24, 2.45) is 7.05 Å². The molecule has 26 heavy (non-hydrogen) atoms. The molecule has 9 heteroatoms. The fraction of sp³-hybridized carbons (Fsp3) is 0.706. The number of rotatable bonds is 5. The minimum absolute atomic E-state index is 0.0190. The zero-order valence-corrected chi connectivity index (χ0v) is 15.3. The van der Waals surface area contributed by atoms with E-state index in [0.29, 0.717) is 36.8 Å². The van der Waals surface area contributed by atoms with Gasteiger partial charge in [0.1, 0.15) is 0 Å². The number of aryl methyl sites for hydroxylation is 1. The molecule has 146 valence electrons. The molecule has 0 aliphatic heterocycles. The summed E-state index contributed by atoms with van der Waals surface area (Å²) in [6.07, 6.45) is 0.289. The molecule has 0 spiro atoms. The Morgan fingerprint density at radius 1 is 1.31 bits per heavy atom. The van der Waals surface area contributed by atoms with Gasteiger partial charge in [-0.1, -0.05) is 6.92 Å². The first-order valence-electron chi connectivity index (χ1n) is 8.80. The lowest BCUT2D eigenvalue weighted by Gasteiger charge is -2.35. The lowest BCUT2D eigenvalue weighted by Crippen LogP contribution is -2.44. The zero-order valence-electron chi connectivity index (χ0n) is 15.3. The first-order valence-corrected chi connectivity index (χ1v) is 8.80. The Kier molecular flexibility index (Phi) is 6.30. The number of alkyl halides is 3. The maximum Gasteiger partial charge on any atom is 0.433 e. The van der Waals surface area contributed by atoms with Gasteiger partial charge in [0, 0.05) is 32.6 Å². The SMILES string of the molecule is CCCC(=O)NC1CCC(N(C)C(=O)c2cnn(C)c2C(F)(F)F)CC1. The predicted molar refractivity (Wildman–Crippen MR) is 89.4 cm³/mol. The molecule has 1 aromatic heterocycles. The second kappa shape index (κ2) is 8.09. The number of hydrogen-bond donors (Lipinski definition) is 1. The van der Waals surface area contributed by atoms with Gasteiger partial charge in [-0.3, -0.25) is 14.3 Å². The van der Waals surface area contributed by atoms with E-state index in [0.717, 1.165) is 12.6 Å². The van der Waals surface area contributed by atoms with Gasteiger partial charge in [0.25, 0.3) is 5.91 Å². The van der Waals surface area contributed by atoms with Crippen molar-refractivity contribution in [3.63, 3.8) is 0 Å². The van der Waals surface area contributed by atoms with Gasteiger partial charge in [-0.2, -0.15) is 18.3 Å². The Morgan fingerprint density at radius 3 is 2.46 bits per heavy atom. The van der Waals surface area contributed by atoms with Crippen LogP contribution in [0.2, 0.25) is 0 Å². The molecule has 1 aromatic rings. The summed E-state index contributed by atoms with van der Waals surface area (Å²) in [5, 5.41) is 6.56. The van der Waals surface area contributed by atoms with Crippen LogP contribution in [0.15, 0.2) is 6.20 Å². The maximum absolute atomic E-state index is 13.2. The van der Waals surface area contributed by atoms with Gasteiger partial charge in [0.05, 0.1) is 11.8 Å². The van der Waals surface area contributed by atoms with Crippen molar-refractivity contribution < 1.29 is 22.8 Å². The van der Waals surface area contributed by atoms with E-state index in [9.17, 15) is 22.8 Å². The van der Waals surface area contributed by atoms with Gasteiger partial charge < -0.3 is 10.2 Å². The number of halogens is 3. The first kappa shape index (κ1) is 20.3. The molecule has 0 saturated heterocycles. The third-order valence-corrected chi connectivity index (χ3v) is 4.84. The van der Waals surface area contributed by atoms with Crippen molar-refractivity contribution in [2.45, 2.75) is 63.7 Å². The molecule has 1 aliphatic rings. The minimum atomic E-state index is -4.64. The Labute approximate surface area is 150 Å². The summed E-state index contributed by atoms with van der Waals surface area (Å²) in [6.45, 7) is 1.94. The van der Waals surface area contributed by atoms with Crippen LogP contribution in [0.25, 0.3) is 0 Å². The highest BCUT2D eigenvalue weighted by atomic mass is 19.4. The Hall–Kier alpha value is -2.06. The quantitative estimate of drug-likeness (QED) is 0.862. The average Bonchev–Trinajstić information content (AvgIpc) is 2.96. The fourth-order valence-electron chi connectivity index (χ4n) is 3.42.